The van der Waals surface area contributed by atoms with Gasteiger partial charge >= 0.3 is 0 Å². The first-order valence-corrected chi connectivity index (χ1v) is 25.9. The molecule has 0 fully saturated rings. The summed E-state index contributed by atoms with van der Waals surface area (Å²) in [5.74, 6) is 0. The molecule has 2 heterocycles. The van der Waals surface area contributed by atoms with E-state index in [2.05, 4.69) is 232 Å². The summed E-state index contributed by atoms with van der Waals surface area (Å²) in [5, 5.41) is 7.96. The van der Waals surface area contributed by atoms with Crippen molar-refractivity contribution in [3.8, 4) is 0 Å². The Bertz CT molecular complexity index is 3320. The Labute approximate surface area is 430 Å². The van der Waals surface area contributed by atoms with Crippen LogP contribution in [0.4, 0.5) is 68.2 Å². The quantitative estimate of drug-likeness (QED) is 0.121. The third kappa shape index (κ3) is 8.47. The Kier molecular flexibility index (Phi) is 12.6. The monoisotopic (exact) mass is 1080 g/mol. The van der Waals surface area contributed by atoms with Crippen molar-refractivity contribution >= 4 is 166 Å². The number of hydrogen-bond acceptors (Lipinski definition) is 6. The van der Waals surface area contributed by atoms with Gasteiger partial charge in [-0.05, 0) is 135 Å². The maximum absolute atomic E-state index is 7.28. The van der Waals surface area contributed by atoms with Crippen LogP contribution < -0.4 is 19.6 Å². The fourth-order valence-electron chi connectivity index (χ4n) is 8.80. The number of rotatable bonds is 12. The first-order chi connectivity index (χ1) is 33.4. The van der Waals surface area contributed by atoms with Gasteiger partial charge in [-0.2, -0.15) is 0 Å². The van der Waals surface area contributed by atoms with E-state index in [0.717, 1.165) is 88.0 Å². The molecule has 4 nitrogen and oxygen atoms in total. The molecule has 11 rings (SSSR count). The number of hydrogen-bond donors (Lipinski definition) is 0. The fourth-order valence-corrected chi connectivity index (χ4v) is 12.2. The van der Waals surface area contributed by atoms with E-state index < -0.39 is 0 Å². The van der Waals surface area contributed by atoms with Crippen LogP contribution in [0.5, 0.6) is 0 Å². The van der Waals surface area contributed by atoms with Gasteiger partial charge in [0.15, 0.2) is 0 Å². The molecule has 0 aliphatic carbocycles. The highest BCUT2D eigenvalue weighted by molar-refractivity contribution is 9.11. The zero-order chi connectivity index (χ0) is 46.1. The van der Waals surface area contributed by atoms with Crippen molar-refractivity contribution in [2.45, 2.75) is 0 Å². The summed E-state index contributed by atoms with van der Waals surface area (Å²) in [6.45, 7) is 0. The third-order valence-corrected chi connectivity index (χ3v) is 15.7. The lowest BCUT2D eigenvalue weighted by Crippen LogP contribution is -2.16. The van der Waals surface area contributed by atoms with Gasteiger partial charge in [0.1, 0.15) is 0 Å². The highest BCUT2D eigenvalue weighted by Crippen LogP contribution is 2.53. The summed E-state index contributed by atoms with van der Waals surface area (Å²) in [6.07, 6.45) is 0. The predicted molar refractivity (Wildman–Crippen MR) is 301 cm³/mol. The molecule has 9 aromatic carbocycles. The maximum atomic E-state index is 7.28. The van der Waals surface area contributed by atoms with Crippen LogP contribution in [0, 0.1) is 0 Å². The van der Waals surface area contributed by atoms with Crippen LogP contribution >= 0.6 is 77.7 Å². The van der Waals surface area contributed by atoms with E-state index in [1.54, 1.807) is 22.7 Å². The minimum Gasteiger partial charge on any atom is -0.309 e. The van der Waals surface area contributed by atoms with Crippen molar-refractivity contribution in [2.75, 3.05) is 19.6 Å². The van der Waals surface area contributed by atoms with Gasteiger partial charge in [-0.25, -0.2) is 0 Å². The number of halogens is 4. The van der Waals surface area contributed by atoms with E-state index in [0.29, 0.717) is 10.0 Å². The van der Waals surface area contributed by atoms with Crippen LogP contribution in [0.2, 0.25) is 10.0 Å². The van der Waals surface area contributed by atoms with Crippen molar-refractivity contribution < 1.29 is 0 Å². The molecule has 0 unspecified atom stereocenters. The van der Waals surface area contributed by atoms with Crippen molar-refractivity contribution in [1.29, 1.82) is 0 Å². The SMILES string of the molecule is Clc1cc(N(c2ccccc2)c2cccc(N(c3ccccc3)c3cc(Cl)cc(N(c4ccccc4)c4csc5ccccc45)c3Br)c2)c(Br)c(N(c2ccccc2)c2csc3ccccc23)c1. The van der Waals surface area contributed by atoms with Crippen molar-refractivity contribution in [3.63, 3.8) is 0 Å². The van der Waals surface area contributed by atoms with Gasteiger partial charge in [0.25, 0.3) is 0 Å². The molecule has 2 aromatic heterocycles. The Morgan fingerprint density at radius 1 is 0.294 bits per heavy atom. The lowest BCUT2D eigenvalue weighted by Gasteiger charge is -2.33. The van der Waals surface area contributed by atoms with E-state index in [-0.39, 0.29) is 0 Å². The van der Waals surface area contributed by atoms with Crippen LogP contribution in [0.1, 0.15) is 0 Å². The van der Waals surface area contributed by atoms with Gasteiger partial charge < -0.3 is 19.6 Å². The second-order valence-electron chi connectivity index (χ2n) is 16.0. The normalized spacial score (nSPS) is 11.2. The number of thiophene rings is 2. The molecule has 0 spiro atoms. The van der Waals surface area contributed by atoms with E-state index >= 15 is 0 Å². The summed E-state index contributed by atoms with van der Waals surface area (Å²) in [6, 6.07) is 75.6. The number of fused-ring (bicyclic) bond motifs is 2. The largest absolute Gasteiger partial charge is 0.309 e. The van der Waals surface area contributed by atoms with Gasteiger partial charge in [-0.1, -0.05) is 138 Å². The van der Waals surface area contributed by atoms with Crippen LogP contribution in [0.25, 0.3) is 20.2 Å². The molecule has 0 amide bonds. The molecule has 11 aromatic rings. The molecule has 330 valence electrons. The molecule has 10 heteroatoms. The zero-order valence-corrected chi connectivity index (χ0v) is 42.4. The number of benzene rings is 9. The minimum atomic E-state index is 0.596. The van der Waals surface area contributed by atoms with Crippen molar-refractivity contribution in [1.82, 2.24) is 0 Å². The summed E-state index contributed by atoms with van der Waals surface area (Å²) < 4.78 is 4.16. The number of para-hydroxylation sites is 4. The van der Waals surface area contributed by atoms with Crippen LogP contribution in [-0.2, 0) is 0 Å². The topological polar surface area (TPSA) is 13.0 Å². The fraction of sp³-hybridized carbons (Fsp3) is 0. The molecular formula is C58H38Br2Cl2N4S2. The average molecular weight is 1090 g/mol. The van der Waals surface area contributed by atoms with Gasteiger partial charge in [-0.15, -0.1) is 22.7 Å². The van der Waals surface area contributed by atoms with E-state index in [1.165, 1.54) is 9.40 Å². The van der Waals surface area contributed by atoms with E-state index in [4.69, 9.17) is 23.2 Å². The summed E-state index contributed by atoms with van der Waals surface area (Å²) in [5.41, 5.74) is 11.5. The van der Waals surface area contributed by atoms with Crippen LogP contribution in [0.15, 0.2) is 238 Å². The smallest absolute Gasteiger partial charge is 0.0657 e. The van der Waals surface area contributed by atoms with Crippen molar-refractivity contribution in [3.05, 3.63) is 248 Å². The van der Waals surface area contributed by atoms with Crippen molar-refractivity contribution in [2.24, 2.45) is 0 Å². The molecule has 0 saturated carbocycles. The molecule has 0 atom stereocenters. The first-order valence-electron chi connectivity index (χ1n) is 21.8. The molecule has 68 heavy (non-hydrogen) atoms. The molecule has 0 radical (unpaired) electrons. The second-order valence-corrected chi connectivity index (χ2v) is 20.2. The number of nitrogens with zero attached hydrogens (tertiary/aromatic N) is 4. The Morgan fingerprint density at radius 3 is 0.956 bits per heavy atom. The van der Waals surface area contributed by atoms with E-state index in [9.17, 15) is 0 Å². The van der Waals surface area contributed by atoms with Crippen LogP contribution in [-0.4, -0.2) is 0 Å². The highest BCUT2D eigenvalue weighted by atomic mass is 79.9. The maximum Gasteiger partial charge on any atom is 0.0657 e. The second kappa shape index (κ2) is 19.3. The summed E-state index contributed by atoms with van der Waals surface area (Å²) in [4.78, 5) is 9.11. The van der Waals surface area contributed by atoms with E-state index in [1.807, 2.05) is 48.5 Å². The Morgan fingerprint density at radius 2 is 0.588 bits per heavy atom. The Balaban J connectivity index is 1.09. The minimum absolute atomic E-state index is 0.596. The third-order valence-electron chi connectivity index (χ3n) is 11.8. The molecule has 0 N–H and O–H groups in total. The summed E-state index contributed by atoms with van der Waals surface area (Å²) >= 11 is 26.4. The summed E-state index contributed by atoms with van der Waals surface area (Å²) in [7, 11) is 0. The molecule has 0 aliphatic heterocycles. The predicted octanol–water partition coefficient (Wildman–Crippen LogP) is 20.8. The molecule has 0 aliphatic rings. The van der Waals surface area contributed by atoms with Gasteiger partial charge in [0.05, 0.1) is 43.1 Å². The van der Waals surface area contributed by atoms with Crippen LogP contribution in [0.3, 0.4) is 0 Å². The van der Waals surface area contributed by atoms with Gasteiger partial charge in [0.2, 0.25) is 0 Å². The standard InChI is InChI=1S/C58H38Br2Cl2N4S2/c59-57-49(32-39(61)34-51(57)65(43-22-9-3-10-23-43)53-37-67-55-30-15-13-28-47(53)55)63(41-18-5-1-6-19-41)45-26-17-27-46(36-45)64(42-20-7-2-8-21-42)50-33-40(62)35-52(58(50)60)66(44-24-11-4-12-25-44)54-38-68-56-31-16-14-29-48(54)56/h1-38H. The Hall–Kier alpha value is -6.36. The van der Waals surface area contributed by atoms with Gasteiger partial charge in [-0.3, -0.25) is 0 Å². The first kappa shape index (κ1) is 44.2. The molecule has 0 bridgehead atoms. The zero-order valence-electron chi connectivity index (χ0n) is 36.1. The average Bonchev–Trinajstić information content (AvgIpc) is 4.01. The molecule has 0 saturated heterocycles. The molecular weight excluding hydrogens is 1050 g/mol. The van der Waals surface area contributed by atoms with Gasteiger partial charge in [0, 0.05) is 75.1 Å². The number of anilines is 12. The highest BCUT2D eigenvalue weighted by Gasteiger charge is 2.28. The lowest BCUT2D eigenvalue weighted by atomic mass is 10.1. The lowest BCUT2D eigenvalue weighted by molar-refractivity contribution is 1.22.